The number of esters is 1. The van der Waals surface area contributed by atoms with Crippen molar-refractivity contribution in [2.75, 3.05) is 54.2 Å². The van der Waals surface area contributed by atoms with Crippen molar-refractivity contribution in [3.63, 3.8) is 0 Å². The topological polar surface area (TPSA) is 563 Å². The Morgan fingerprint density at radius 3 is 1.40 bits per heavy atom. The molecule has 110 heavy (non-hydrogen) atoms. The Hall–Kier alpha value is -6.00. The van der Waals surface area contributed by atoms with Crippen LogP contribution in [-0.2, 0) is 94.3 Å². The molecule has 1 aliphatic heterocycles. The number of ketones is 2. The Kier molecular flexibility index (Phi) is 57.3. The minimum atomic E-state index is -1.81. The zero-order chi connectivity index (χ0) is 78.1. The van der Waals surface area contributed by atoms with Crippen molar-refractivity contribution < 1.29 is 102 Å². The molecule has 1 heterocycles. The number of aromatic hydroxyl groups is 2. The average molecular weight is 1780 g/mol. The van der Waals surface area contributed by atoms with Gasteiger partial charge in [0.2, 0.25) is 82.5 Å². The summed E-state index contributed by atoms with van der Waals surface area (Å²) in [5.74, 6) is -14.1. The molecule has 1 saturated heterocycles. The van der Waals surface area contributed by atoms with E-state index in [1.807, 2.05) is 0 Å². The number of carbonyl (C=O) groups excluding carboxylic acids is 15. The van der Waals surface area contributed by atoms with E-state index in [0.717, 1.165) is 4.90 Å². The summed E-state index contributed by atoms with van der Waals surface area (Å²) in [6, 6.07) is -8.76. The van der Waals surface area contributed by atoms with E-state index in [2.05, 4.69) is 140 Å². The van der Waals surface area contributed by atoms with Gasteiger partial charge in [-0.1, -0.05) is 31.2 Å². The third-order valence-electron chi connectivity index (χ3n) is 15.6. The highest BCUT2D eigenvalue weighted by Crippen LogP contribution is 2.20. The molecule has 0 radical (unpaired) electrons. The van der Waals surface area contributed by atoms with E-state index in [9.17, 15) is 97.1 Å². The van der Waals surface area contributed by atoms with Gasteiger partial charge in [0.05, 0.1) is 31.7 Å². The number of phenolic OH excluding ortho intramolecular Hbond substituents is 2. The molecule has 5 unspecified atom stereocenters. The van der Waals surface area contributed by atoms with Crippen molar-refractivity contribution in [3.8, 4) is 11.5 Å². The Morgan fingerprint density at radius 1 is 0.527 bits per heavy atom. The minimum absolute atomic E-state index is 0. The predicted molar refractivity (Wildman–Crippen MR) is 455 cm³/mol. The number of Topliss-reactive ketones (excluding diaryl/α,β-unsaturated/α-hetero) is 2. The van der Waals surface area contributed by atoms with Gasteiger partial charge in [-0.2, -0.15) is 157 Å². The van der Waals surface area contributed by atoms with Crippen LogP contribution >= 0.6 is 157 Å². The fraction of sp³-hybridized carbons (Fsp3) is 0.548. The highest BCUT2D eigenvalue weighted by atomic mass is 32.1. The number of primary amides is 1. The molecule has 12 amide bonds. The van der Waals surface area contributed by atoms with Gasteiger partial charge in [-0.25, -0.2) is 5.43 Å². The fourth-order valence-corrected chi connectivity index (χ4v) is 11.5. The SMILES string of the molecule is CCCOC(=O)C(Cc1ccc(O)cc1)N[C@@H](CS)C(=O)C(=O)[C@H](CS)NC(=O)C(CCC(=O)O)NC(=O)[C@H](Cc1ccc(O)cc1)NC(=O)C(CS)NC(=O)[C@H](CS)NC(=O)C(CC(N)=O)NC(=O)[C@@H]1CCCN1C(=O)C(C)NC(=O)[C@H](CS)NC(=O)[C@@H](NC(=O)CNC(=O)[C@H](CS)NN)[C@@H](C)O.S.S.S.S.S.S. The molecule has 0 saturated carbocycles. The van der Waals surface area contributed by atoms with Crippen molar-refractivity contribution in [1.29, 1.82) is 0 Å². The molecule has 20 N–H and O–H groups in total. The number of rotatable bonds is 46. The summed E-state index contributed by atoms with van der Waals surface area (Å²) in [6.45, 7) is 3.53. The second-order valence-corrected chi connectivity index (χ2v) is 25.9. The number of amides is 12. The van der Waals surface area contributed by atoms with Crippen molar-refractivity contribution in [1.82, 2.24) is 68.8 Å². The van der Waals surface area contributed by atoms with Crippen molar-refractivity contribution in [3.05, 3.63) is 59.7 Å². The Balaban J connectivity index is -0.00000936. The maximum atomic E-state index is 14.4. The number of nitrogens with zero attached hydrogens (tertiary/aromatic N) is 1. The van der Waals surface area contributed by atoms with Crippen LogP contribution in [0.1, 0.15) is 70.4 Å². The molecular weight excluding hydrogens is 1680 g/mol. The Bertz CT molecular complexity index is 3370. The van der Waals surface area contributed by atoms with Gasteiger partial charge in [-0.3, -0.25) is 87.9 Å². The van der Waals surface area contributed by atoms with Crippen LogP contribution in [0.25, 0.3) is 0 Å². The number of ether oxygens (including phenoxy) is 1. The van der Waals surface area contributed by atoms with E-state index in [0.29, 0.717) is 17.5 Å². The predicted octanol–water partition coefficient (Wildman–Crippen LogP) is -6.00. The van der Waals surface area contributed by atoms with Gasteiger partial charge >= 0.3 is 11.9 Å². The van der Waals surface area contributed by atoms with E-state index >= 15 is 0 Å². The average Bonchev–Trinajstić information content (AvgIpc) is 1.59. The molecule has 0 bridgehead atoms. The maximum absolute atomic E-state index is 14.4. The number of thiol groups is 6. The summed E-state index contributed by atoms with van der Waals surface area (Å²) in [5.41, 5.74) is 8.51. The highest BCUT2D eigenvalue weighted by molar-refractivity contribution is 7.81. The molecule has 2 aromatic carbocycles. The first-order valence-electron chi connectivity index (χ1n) is 32.4. The van der Waals surface area contributed by atoms with E-state index in [4.69, 9.17) is 16.3 Å². The fourth-order valence-electron chi connectivity index (χ4n) is 9.93. The number of likely N-dealkylation sites (tertiary alicyclic amines) is 1. The number of hydrogen-bond donors (Lipinski definition) is 24. The van der Waals surface area contributed by atoms with Crippen molar-refractivity contribution in [2.45, 2.75) is 157 Å². The molecule has 48 heteroatoms. The number of nitrogens with one attached hydrogen (secondary N) is 12. The number of hydrazine groups is 1. The van der Waals surface area contributed by atoms with Crippen LogP contribution in [-0.4, -0.2) is 259 Å². The van der Waals surface area contributed by atoms with Crippen LogP contribution in [0.15, 0.2) is 48.5 Å². The van der Waals surface area contributed by atoms with E-state index in [1.54, 1.807) is 6.92 Å². The number of aliphatic carboxylic acids is 1. The summed E-state index contributed by atoms with van der Waals surface area (Å²) < 4.78 is 5.33. The van der Waals surface area contributed by atoms with Crippen LogP contribution < -0.4 is 75.5 Å². The number of hydrogen-bond acceptors (Lipinski definition) is 29. The van der Waals surface area contributed by atoms with E-state index < -0.39 is 229 Å². The molecule has 14 atom stereocenters. The van der Waals surface area contributed by atoms with Crippen LogP contribution in [0.4, 0.5) is 0 Å². The van der Waals surface area contributed by atoms with Gasteiger partial charge in [0.15, 0.2) is 0 Å². The quantitative estimate of drug-likeness (QED) is 0.00965. The van der Waals surface area contributed by atoms with Crippen LogP contribution in [0.3, 0.4) is 0 Å². The molecule has 0 aromatic heterocycles. The summed E-state index contributed by atoms with van der Waals surface area (Å²) in [7, 11) is 0. The molecular formula is C62H103N15O21S12. The lowest BCUT2D eigenvalue weighted by Crippen LogP contribution is -2.61. The molecule has 2 aromatic rings. The summed E-state index contributed by atoms with van der Waals surface area (Å²) in [4.78, 5) is 216. The standard InChI is InChI=1S/C62H91N15O21S6.6H2S/c1-4-18-98-62(97)38(20-32-9-13-34(80)14-10-32)67-39(23-99)50(85)51(86)40(24-100)71-53(88)35(15-16-48(83)84)68-54(89)36(19-31-7-11-33(79)12-8-31)69-57(92)42(26-102)73-58(93)43(27-103)72-55(90)37(21-46(63)81)70-59(94)45-6-5-17-77(45)61(96)29(2)66-56(91)41(25-101)74-60(95)49(30(3)78)75-47(82)22-65-52(87)44(28-104)76-64;;;;;;/h7-14,29-30,35-45,49,67,76,78-80,99-104H,4-6,15-28,64H2,1-3H3,(H2,63,81)(H,65,87)(H,66,91)(H,68,89)(H,69,92)(H,70,94)(H,71,88)(H,72,90)(H,73,93)(H,74,95)(H,75,82)(H,83,84);6*1H2/t29?,30-,35?,36+,37?,38?,39+,40+,41+,42?,43+,44+,45+,49+;;;;;;/m1....../s1. The molecule has 36 nitrogen and oxygen atoms in total. The number of aliphatic hydroxyl groups is 1. The van der Waals surface area contributed by atoms with Crippen molar-refractivity contribution >= 4 is 251 Å². The second kappa shape index (κ2) is 57.1. The maximum Gasteiger partial charge on any atom is 0.323 e. The number of aliphatic hydroxyl groups excluding tert-OH is 1. The van der Waals surface area contributed by atoms with Crippen LogP contribution in [0.5, 0.6) is 11.5 Å². The van der Waals surface area contributed by atoms with Gasteiger partial charge in [0, 0.05) is 53.9 Å². The Morgan fingerprint density at radius 2 is 0.945 bits per heavy atom. The lowest BCUT2D eigenvalue weighted by Gasteiger charge is -2.29. The molecule has 1 fully saturated rings. The molecule has 1 aliphatic rings. The van der Waals surface area contributed by atoms with Crippen LogP contribution in [0, 0.1) is 0 Å². The second-order valence-electron chi connectivity index (χ2n) is 23.7. The number of phenols is 2. The Labute approximate surface area is 710 Å². The number of benzene rings is 2. The van der Waals surface area contributed by atoms with Crippen molar-refractivity contribution in [2.24, 2.45) is 11.6 Å². The summed E-state index contributed by atoms with van der Waals surface area (Å²) in [5, 5.41) is 66.1. The number of carboxylic acids is 1. The molecule has 624 valence electrons. The monoisotopic (exact) mass is 1780 g/mol. The van der Waals surface area contributed by atoms with Gasteiger partial charge < -0.3 is 89.0 Å². The van der Waals surface area contributed by atoms with E-state index in [1.165, 1.54) is 62.4 Å². The normalized spacial score (nSPS) is 15.4. The zero-order valence-electron chi connectivity index (χ0n) is 59.7. The smallest absolute Gasteiger partial charge is 0.323 e. The number of nitrogens with two attached hydrogens (primary N) is 2. The minimum Gasteiger partial charge on any atom is -0.508 e. The first-order valence-corrected chi connectivity index (χ1v) is 36.2. The van der Waals surface area contributed by atoms with Gasteiger partial charge in [0.25, 0.3) is 0 Å². The summed E-state index contributed by atoms with van der Waals surface area (Å²) >= 11 is 24.9. The number of carbonyl (C=O) groups is 16. The summed E-state index contributed by atoms with van der Waals surface area (Å²) in [6.07, 6.45) is -3.55. The van der Waals surface area contributed by atoms with Gasteiger partial charge in [0.1, 0.15) is 84.0 Å². The number of carboxylic acid groups (broad SMARTS) is 1. The first-order chi connectivity index (χ1) is 49.2. The van der Waals surface area contributed by atoms with E-state index in [-0.39, 0.29) is 142 Å². The molecule has 3 rings (SSSR count). The third-order valence-corrected chi connectivity index (χ3v) is 17.8. The lowest BCUT2D eigenvalue weighted by atomic mass is 10.0. The van der Waals surface area contributed by atoms with Gasteiger partial charge in [-0.15, -0.1) is 0 Å². The molecule has 0 aliphatic carbocycles. The lowest BCUT2D eigenvalue weighted by molar-refractivity contribution is -0.147. The molecule has 0 spiro atoms. The van der Waals surface area contributed by atoms with Gasteiger partial charge in [-0.05, 0) is 81.3 Å². The first kappa shape index (κ1) is 110. The largest absolute Gasteiger partial charge is 0.508 e. The van der Waals surface area contributed by atoms with Crippen LogP contribution in [0.2, 0.25) is 0 Å². The third kappa shape index (κ3) is 36.9. The zero-order valence-corrected chi connectivity index (χ0v) is 71.1. The highest BCUT2D eigenvalue weighted by Gasteiger charge is 2.41.